The SMILES string of the molecule is CC(c1ccc(Cl)cc1)N(C)S(=O)(=O)CCN. The van der Waals surface area contributed by atoms with Crippen LogP contribution < -0.4 is 5.73 Å². The van der Waals surface area contributed by atoms with Gasteiger partial charge in [0.2, 0.25) is 10.0 Å². The Balaban J connectivity index is 2.90. The summed E-state index contributed by atoms with van der Waals surface area (Å²) >= 11 is 5.79. The molecule has 1 rings (SSSR count). The second-order valence-electron chi connectivity index (χ2n) is 3.85. The lowest BCUT2D eigenvalue weighted by Crippen LogP contribution is -2.34. The van der Waals surface area contributed by atoms with Gasteiger partial charge >= 0.3 is 0 Å². The Labute approximate surface area is 107 Å². The Hall–Kier alpha value is -0.620. The van der Waals surface area contributed by atoms with Gasteiger partial charge in [0.05, 0.1) is 5.75 Å². The van der Waals surface area contributed by atoms with Gasteiger partial charge in [-0.05, 0) is 24.6 Å². The van der Waals surface area contributed by atoms with Crippen LogP contribution in [0.15, 0.2) is 24.3 Å². The zero-order valence-electron chi connectivity index (χ0n) is 9.93. The summed E-state index contributed by atoms with van der Waals surface area (Å²) in [6, 6.07) is 6.90. The van der Waals surface area contributed by atoms with E-state index in [0.717, 1.165) is 5.56 Å². The summed E-state index contributed by atoms with van der Waals surface area (Å²) < 4.78 is 25.0. The van der Waals surface area contributed by atoms with Crippen molar-refractivity contribution in [3.8, 4) is 0 Å². The van der Waals surface area contributed by atoms with Crippen LogP contribution in [-0.2, 0) is 10.0 Å². The van der Waals surface area contributed by atoms with Gasteiger partial charge in [0, 0.05) is 24.7 Å². The standard InChI is InChI=1S/C11H17ClN2O2S/c1-9(10-3-5-11(12)6-4-10)14(2)17(15,16)8-7-13/h3-6,9H,7-8,13H2,1-2H3. The van der Waals surface area contributed by atoms with Gasteiger partial charge in [-0.3, -0.25) is 0 Å². The van der Waals surface area contributed by atoms with E-state index in [-0.39, 0.29) is 18.3 Å². The monoisotopic (exact) mass is 276 g/mol. The molecule has 6 heteroatoms. The summed E-state index contributed by atoms with van der Waals surface area (Å²) in [5.41, 5.74) is 6.19. The van der Waals surface area contributed by atoms with Crippen LogP contribution in [-0.4, -0.2) is 32.1 Å². The minimum atomic E-state index is -3.29. The molecule has 17 heavy (non-hydrogen) atoms. The summed E-state index contributed by atoms with van der Waals surface area (Å²) in [7, 11) is -1.73. The number of rotatable bonds is 5. The third-order valence-electron chi connectivity index (χ3n) is 2.71. The predicted octanol–water partition coefficient (Wildman–Crippen LogP) is 1.62. The molecule has 0 aliphatic rings. The molecule has 1 aromatic carbocycles. The van der Waals surface area contributed by atoms with Crippen LogP contribution in [0, 0.1) is 0 Å². The average molecular weight is 277 g/mol. The second-order valence-corrected chi connectivity index (χ2v) is 6.43. The topological polar surface area (TPSA) is 63.4 Å². The van der Waals surface area contributed by atoms with Crippen LogP contribution in [0.4, 0.5) is 0 Å². The highest BCUT2D eigenvalue weighted by molar-refractivity contribution is 7.89. The van der Waals surface area contributed by atoms with Crippen molar-refractivity contribution in [2.45, 2.75) is 13.0 Å². The summed E-state index contributed by atoms with van der Waals surface area (Å²) in [6.45, 7) is 1.96. The van der Waals surface area contributed by atoms with Crippen molar-refractivity contribution in [2.75, 3.05) is 19.3 Å². The molecule has 0 spiro atoms. The fraction of sp³-hybridized carbons (Fsp3) is 0.455. The largest absolute Gasteiger partial charge is 0.329 e. The second kappa shape index (κ2) is 5.82. The maximum atomic E-state index is 11.8. The molecule has 1 unspecified atom stereocenters. The van der Waals surface area contributed by atoms with Gasteiger partial charge < -0.3 is 5.73 Å². The van der Waals surface area contributed by atoms with E-state index in [1.807, 2.05) is 19.1 Å². The van der Waals surface area contributed by atoms with Gasteiger partial charge in [0.1, 0.15) is 0 Å². The van der Waals surface area contributed by atoms with Gasteiger partial charge in [0.25, 0.3) is 0 Å². The average Bonchev–Trinajstić information content (AvgIpc) is 2.28. The molecule has 96 valence electrons. The maximum Gasteiger partial charge on any atom is 0.215 e. The highest BCUT2D eigenvalue weighted by Gasteiger charge is 2.23. The number of nitrogens with zero attached hydrogens (tertiary/aromatic N) is 1. The Morgan fingerprint density at radius 1 is 1.35 bits per heavy atom. The molecule has 0 fully saturated rings. The quantitative estimate of drug-likeness (QED) is 0.889. The number of sulfonamides is 1. The summed E-state index contributed by atoms with van der Waals surface area (Å²) in [5.74, 6) is -0.0402. The van der Waals surface area contributed by atoms with Crippen molar-refractivity contribution in [1.82, 2.24) is 4.31 Å². The van der Waals surface area contributed by atoms with E-state index in [0.29, 0.717) is 5.02 Å². The lowest BCUT2D eigenvalue weighted by molar-refractivity contribution is 0.398. The summed E-state index contributed by atoms with van der Waals surface area (Å²) in [6.07, 6.45) is 0. The smallest absolute Gasteiger partial charge is 0.215 e. The van der Waals surface area contributed by atoms with Gasteiger partial charge in [-0.25, -0.2) is 8.42 Å². The molecule has 0 aliphatic carbocycles. The predicted molar refractivity (Wildman–Crippen MR) is 70.5 cm³/mol. The van der Waals surface area contributed by atoms with Crippen molar-refractivity contribution >= 4 is 21.6 Å². The molecule has 0 heterocycles. The first kappa shape index (κ1) is 14.4. The number of benzene rings is 1. The molecule has 0 amide bonds. The third kappa shape index (κ3) is 3.67. The van der Waals surface area contributed by atoms with E-state index < -0.39 is 10.0 Å². The molecule has 0 saturated carbocycles. The van der Waals surface area contributed by atoms with Crippen LogP contribution in [0.2, 0.25) is 5.02 Å². The molecule has 1 atom stereocenters. The van der Waals surface area contributed by atoms with E-state index in [4.69, 9.17) is 17.3 Å². The summed E-state index contributed by atoms with van der Waals surface area (Å²) in [5, 5.41) is 0.633. The molecule has 0 bridgehead atoms. The molecular weight excluding hydrogens is 260 g/mol. The Morgan fingerprint density at radius 3 is 2.35 bits per heavy atom. The van der Waals surface area contributed by atoms with Gasteiger partial charge in [-0.1, -0.05) is 23.7 Å². The highest BCUT2D eigenvalue weighted by Crippen LogP contribution is 2.22. The van der Waals surface area contributed by atoms with E-state index >= 15 is 0 Å². The molecule has 2 N–H and O–H groups in total. The van der Waals surface area contributed by atoms with Crippen LogP contribution in [0.25, 0.3) is 0 Å². The minimum absolute atomic E-state index is 0.0402. The number of halogens is 1. The molecule has 0 aliphatic heterocycles. The first-order chi connectivity index (χ1) is 7.88. The number of hydrogen-bond donors (Lipinski definition) is 1. The molecule has 4 nitrogen and oxygen atoms in total. The summed E-state index contributed by atoms with van der Waals surface area (Å²) in [4.78, 5) is 0. The molecule has 0 saturated heterocycles. The zero-order chi connectivity index (χ0) is 13.1. The van der Waals surface area contributed by atoms with Crippen LogP contribution in [0.1, 0.15) is 18.5 Å². The van der Waals surface area contributed by atoms with Crippen molar-refractivity contribution in [2.24, 2.45) is 5.73 Å². The van der Waals surface area contributed by atoms with Crippen molar-refractivity contribution in [3.63, 3.8) is 0 Å². The van der Waals surface area contributed by atoms with E-state index in [9.17, 15) is 8.42 Å². The van der Waals surface area contributed by atoms with Crippen LogP contribution >= 0.6 is 11.6 Å². The molecule has 1 aromatic rings. The van der Waals surface area contributed by atoms with Crippen LogP contribution in [0.3, 0.4) is 0 Å². The normalized spacial score (nSPS) is 13.9. The number of hydrogen-bond acceptors (Lipinski definition) is 3. The Kier molecular flexibility index (Phi) is 4.94. The van der Waals surface area contributed by atoms with Gasteiger partial charge in [-0.15, -0.1) is 0 Å². The highest BCUT2D eigenvalue weighted by atomic mass is 35.5. The third-order valence-corrected chi connectivity index (χ3v) is 4.91. The number of nitrogens with two attached hydrogens (primary N) is 1. The fourth-order valence-electron chi connectivity index (χ4n) is 1.49. The minimum Gasteiger partial charge on any atom is -0.329 e. The molecule has 0 aromatic heterocycles. The molecule has 0 radical (unpaired) electrons. The van der Waals surface area contributed by atoms with Crippen molar-refractivity contribution in [1.29, 1.82) is 0 Å². The van der Waals surface area contributed by atoms with Crippen molar-refractivity contribution < 1.29 is 8.42 Å². The lowest BCUT2D eigenvalue weighted by atomic mass is 10.1. The molecular formula is C11H17ClN2O2S. The van der Waals surface area contributed by atoms with Gasteiger partial charge in [0.15, 0.2) is 0 Å². The first-order valence-corrected chi connectivity index (χ1v) is 7.28. The first-order valence-electron chi connectivity index (χ1n) is 5.29. The Bertz CT molecular complexity index is 459. The van der Waals surface area contributed by atoms with Gasteiger partial charge in [-0.2, -0.15) is 4.31 Å². The van der Waals surface area contributed by atoms with E-state index in [2.05, 4.69) is 0 Å². The van der Waals surface area contributed by atoms with E-state index in [1.165, 1.54) is 4.31 Å². The van der Waals surface area contributed by atoms with Crippen LogP contribution in [0.5, 0.6) is 0 Å². The fourth-order valence-corrected chi connectivity index (χ4v) is 2.80. The zero-order valence-corrected chi connectivity index (χ0v) is 11.5. The maximum absolute atomic E-state index is 11.8. The Morgan fingerprint density at radius 2 is 1.88 bits per heavy atom. The van der Waals surface area contributed by atoms with E-state index in [1.54, 1.807) is 19.2 Å². The van der Waals surface area contributed by atoms with Crippen molar-refractivity contribution in [3.05, 3.63) is 34.9 Å². The lowest BCUT2D eigenvalue weighted by Gasteiger charge is -2.24.